The summed E-state index contributed by atoms with van der Waals surface area (Å²) in [5, 5.41) is 8.90. The van der Waals surface area contributed by atoms with E-state index in [1.54, 1.807) is 32.2 Å². The quantitative estimate of drug-likeness (QED) is 0.396. The summed E-state index contributed by atoms with van der Waals surface area (Å²) in [5.41, 5.74) is 7.32. The maximum Gasteiger partial charge on any atom is 0.408 e. The van der Waals surface area contributed by atoms with Crippen molar-refractivity contribution in [1.82, 2.24) is 24.5 Å². The Kier molecular flexibility index (Phi) is 6.17. The fraction of sp³-hybridized carbons (Fsp3) is 0.400. The van der Waals surface area contributed by atoms with Gasteiger partial charge in [0, 0.05) is 37.3 Å². The van der Waals surface area contributed by atoms with Gasteiger partial charge in [0.15, 0.2) is 11.5 Å². The first kappa shape index (κ1) is 24.5. The molecular weight excluding hydrogens is 476 g/mol. The summed E-state index contributed by atoms with van der Waals surface area (Å²) in [6.07, 6.45) is -2.21. The highest BCUT2D eigenvalue weighted by molar-refractivity contribution is 5.82. The molecule has 11 heteroatoms. The molecule has 0 bridgehead atoms. The maximum atomic E-state index is 14.4. The molecule has 1 aliphatic heterocycles. The van der Waals surface area contributed by atoms with Gasteiger partial charge in [0.2, 0.25) is 0 Å². The van der Waals surface area contributed by atoms with Crippen molar-refractivity contribution in [1.29, 1.82) is 0 Å². The lowest BCUT2D eigenvalue weighted by atomic mass is 10.0. The van der Waals surface area contributed by atoms with E-state index in [0.29, 0.717) is 53.1 Å². The summed E-state index contributed by atoms with van der Waals surface area (Å²) < 4.78 is 63.6. The van der Waals surface area contributed by atoms with Gasteiger partial charge in [-0.25, -0.2) is 9.37 Å². The molecule has 2 N–H and O–H groups in total. The molecule has 4 aromatic rings. The van der Waals surface area contributed by atoms with Gasteiger partial charge in [-0.3, -0.25) is 9.30 Å². The van der Waals surface area contributed by atoms with Crippen molar-refractivity contribution in [2.75, 3.05) is 26.8 Å². The zero-order valence-corrected chi connectivity index (χ0v) is 19.9. The average Bonchev–Trinajstić information content (AvgIpc) is 3.39. The number of hydrogen-bond donors (Lipinski definition) is 1. The average molecular weight is 503 g/mol. The summed E-state index contributed by atoms with van der Waals surface area (Å²) in [5.74, 6) is -0.0529. The lowest BCUT2D eigenvalue weighted by molar-refractivity contribution is -0.184. The number of aromatic nitrogens is 4. The molecule has 2 unspecified atom stereocenters. The number of rotatable bonds is 6. The Morgan fingerprint density at radius 3 is 2.67 bits per heavy atom. The van der Waals surface area contributed by atoms with Crippen molar-refractivity contribution >= 4 is 16.6 Å². The molecule has 2 atom stereocenters. The molecule has 190 valence electrons. The number of hydrogen-bond acceptors (Lipinski definition) is 6. The molecule has 0 aliphatic carbocycles. The standard InChI is InChI=1S/C25H26F4N6O/c1-24(30)8-9-34(14-24)22(25(27,28)29)17-4-6-21-32-33-23(35(21)13-17)19-5-3-16-11-18(26)15(7-10-36-2)12-20(16)31-19/h3-6,11-13,22H,7-10,14,30H2,1-2H3. The zero-order chi connectivity index (χ0) is 25.7. The van der Waals surface area contributed by atoms with E-state index >= 15 is 0 Å². The first-order valence-corrected chi connectivity index (χ1v) is 11.6. The minimum atomic E-state index is -4.49. The van der Waals surface area contributed by atoms with E-state index in [-0.39, 0.29) is 24.5 Å². The molecule has 1 aromatic carbocycles. The molecule has 1 saturated heterocycles. The van der Waals surface area contributed by atoms with Crippen LogP contribution in [-0.2, 0) is 11.2 Å². The lowest BCUT2D eigenvalue weighted by Gasteiger charge is -2.31. The van der Waals surface area contributed by atoms with Crippen molar-refractivity contribution in [2.45, 2.75) is 37.5 Å². The number of nitrogens with two attached hydrogens (primary N) is 1. The molecule has 36 heavy (non-hydrogen) atoms. The van der Waals surface area contributed by atoms with Crippen molar-refractivity contribution in [3.63, 3.8) is 0 Å². The van der Waals surface area contributed by atoms with Crippen LogP contribution in [-0.4, -0.2) is 63.0 Å². The summed E-state index contributed by atoms with van der Waals surface area (Å²) in [4.78, 5) is 5.99. The van der Waals surface area contributed by atoms with E-state index in [4.69, 9.17) is 10.5 Å². The first-order chi connectivity index (χ1) is 17.1. The van der Waals surface area contributed by atoms with Crippen LogP contribution < -0.4 is 5.73 Å². The molecule has 3 aromatic heterocycles. The number of methoxy groups -OCH3 is 1. The molecule has 0 saturated carbocycles. The highest BCUT2D eigenvalue weighted by Gasteiger charge is 2.48. The third-order valence-electron chi connectivity index (χ3n) is 6.61. The van der Waals surface area contributed by atoms with Gasteiger partial charge in [0.05, 0.1) is 12.1 Å². The number of pyridine rings is 2. The normalized spacial score (nSPS) is 20.0. The van der Waals surface area contributed by atoms with E-state index in [1.165, 1.54) is 33.7 Å². The van der Waals surface area contributed by atoms with Crippen molar-refractivity contribution in [2.24, 2.45) is 5.73 Å². The molecule has 7 nitrogen and oxygen atoms in total. The van der Waals surface area contributed by atoms with Crippen molar-refractivity contribution in [3.05, 3.63) is 59.5 Å². The van der Waals surface area contributed by atoms with Gasteiger partial charge in [-0.1, -0.05) is 12.1 Å². The zero-order valence-electron chi connectivity index (χ0n) is 19.9. The van der Waals surface area contributed by atoms with E-state index < -0.39 is 17.8 Å². The monoisotopic (exact) mass is 502 g/mol. The van der Waals surface area contributed by atoms with Crippen LogP contribution in [0.4, 0.5) is 17.6 Å². The molecule has 0 spiro atoms. The van der Waals surface area contributed by atoms with Gasteiger partial charge in [0.25, 0.3) is 0 Å². The minimum absolute atomic E-state index is 0.0680. The third-order valence-corrected chi connectivity index (χ3v) is 6.61. The molecule has 5 rings (SSSR count). The lowest BCUT2D eigenvalue weighted by Crippen LogP contribution is -2.43. The molecule has 4 heterocycles. The minimum Gasteiger partial charge on any atom is -0.384 e. The number of benzene rings is 1. The van der Waals surface area contributed by atoms with Gasteiger partial charge in [-0.05, 0) is 55.2 Å². The number of halogens is 4. The molecule has 0 amide bonds. The van der Waals surface area contributed by atoms with Crippen LogP contribution in [0.5, 0.6) is 0 Å². The van der Waals surface area contributed by atoms with Crippen molar-refractivity contribution in [3.8, 4) is 11.5 Å². The van der Waals surface area contributed by atoms with Crippen LogP contribution in [0.15, 0.2) is 42.6 Å². The van der Waals surface area contributed by atoms with Crippen LogP contribution in [0.25, 0.3) is 28.1 Å². The second kappa shape index (κ2) is 9.06. The predicted molar refractivity (Wildman–Crippen MR) is 127 cm³/mol. The summed E-state index contributed by atoms with van der Waals surface area (Å²) in [7, 11) is 1.54. The number of fused-ring (bicyclic) bond motifs is 2. The molecule has 0 radical (unpaired) electrons. The van der Waals surface area contributed by atoms with Crippen LogP contribution in [0.1, 0.15) is 30.5 Å². The molecular formula is C25H26F4N6O. The Morgan fingerprint density at radius 1 is 1.17 bits per heavy atom. The second-order valence-electron chi connectivity index (χ2n) is 9.61. The Morgan fingerprint density at radius 2 is 1.97 bits per heavy atom. The predicted octanol–water partition coefficient (Wildman–Crippen LogP) is 4.30. The van der Waals surface area contributed by atoms with Gasteiger partial charge < -0.3 is 10.5 Å². The third kappa shape index (κ3) is 4.65. The Hall–Kier alpha value is -3.15. The Bertz CT molecular complexity index is 1420. The largest absolute Gasteiger partial charge is 0.408 e. The Balaban J connectivity index is 1.56. The Labute approximate surface area is 204 Å². The van der Waals surface area contributed by atoms with E-state index in [9.17, 15) is 17.6 Å². The molecule has 1 fully saturated rings. The highest BCUT2D eigenvalue weighted by atomic mass is 19.4. The van der Waals surface area contributed by atoms with Crippen LogP contribution in [0, 0.1) is 5.82 Å². The van der Waals surface area contributed by atoms with Crippen LogP contribution in [0.2, 0.25) is 0 Å². The number of nitrogens with zero attached hydrogens (tertiary/aromatic N) is 5. The SMILES string of the molecule is COCCc1cc2nc(-c3nnc4ccc(C(N5CCC(C)(N)C5)C(F)(F)F)cn34)ccc2cc1F. The fourth-order valence-corrected chi connectivity index (χ4v) is 4.81. The number of alkyl halides is 3. The smallest absolute Gasteiger partial charge is 0.384 e. The van der Waals surface area contributed by atoms with E-state index in [0.717, 1.165) is 0 Å². The number of ether oxygens (including phenoxy) is 1. The second-order valence-corrected chi connectivity index (χ2v) is 9.61. The maximum absolute atomic E-state index is 14.4. The fourth-order valence-electron chi connectivity index (χ4n) is 4.81. The highest BCUT2D eigenvalue weighted by Crippen LogP contribution is 2.41. The summed E-state index contributed by atoms with van der Waals surface area (Å²) >= 11 is 0. The first-order valence-electron chi connectivity index (χ1n) is 11.6. The summed E-state index contributed by atoms with van der Waals surface area (Å²) in [6.45, 7) is 2.51. The van der Waals surface area contributed by atoms with Crippen LogP contribution in [0.3, 0.4) is 0 Å². The summed E-state index contributed by atoms with van der Waals surface area (Å²) in [6, 6.07) is 7.56. The van der Waals surface area contributed by atoms with Crippen molar-refractivity contribution < 1.29 is 22.3 Å². The van der Waals surface area contributed by atoms with Gasteiger partial charge in [-0.15, -0.1) is 10.2 Å². The van der Waals surface area contributed by atoms with E-state index in [2.05, 4.69) is 15.2 Å². The molecule has 1 aliphatic rings. The number of likely N-dealkylation sites (tertiary alicyclic amines) is 1. The van der Waals surface area contributed by atoms with Gasteiger partial charge in [-0.2, -0.15) is 13.2 Å². The van der Waals surface area contributed by atoms with Gasteiger partial charge >= 0.3 is 6.18 Å². The van der Waals surface area contributed by atoms with E-state index in [1.807, 2.05) is 0 Å². The van der Waals surface area contributed by atoms with Gasteiger partial charge in [0.1, 0.15) is 17.6 Å². The topological polar surface area (TPSA) is 81.6 Å². The van der Waals surface area contributed by atoms with Crippen LogP contribution >= 0.6 is 0 Å².